The third-order valence-electron chi connectivity index (χ3n) is 15.8. The van der Waals surface area contributed by atoms with Crippen LogP contribution < -0.4 is 0 Å². The topological polar surface area (TPSA) is 237 Å². The normalized spacial score (nSPS) is 14.5. The van der Waals surface area contributed by atoms with Gasteiger partial charge < -0.3 is 33.8 Å². The highest BCUT2D eigenvalue weighted by Crippen LogP contribution is 2.45. The summed E-state index contributed by atoms with van der Waals surface area (Å²) in [7, 11) is -9.89. The fourth-order valence-electron chi connectivity index (χ4n) is 10.0. The van der Waals surface area contributed by atoms with E-state index in [4.69, 9.17) is 37.0 Å². The van der Waals surface area contributed by atoms with Gasteiger partial charge in [0.25, 0.3) is 0 Å². The molecule has 17 nitrogen and oxygen atoms in total. The Morgan fingerprint density at radius 1 is 0.337 bits per heavy atom. The van der Waals surface area contributed by atoms with E-state index in [1.165, 1.54) is 148 Å². The van der Waals surface area contributed by atoms with Gasteiger partial charge in [-0.05, 0) is 37.5 Å². The van der Waals surface area contributed by atoms with Gasteiger partial charge in [0.15, 0.2) is 12.2 Å². The quantitative estimate of drug-likeness (QED) is 0.0222. The highest BCUT2D eigenvalue weighted by molar-refractivity contribution is 7.47. The summed E-state index contributed by atoms with van der Waals surface area (Å²) in [5.41, 5.74) is 0. The van der Waals surface area contributed by atoms with Crippen molar-refractivity contribution < 1.29 is 80.2 Å². The van der Waals surface area contributed by atoms with E-state index >= 15 is 0 Å². The standard InChI is InChI=1S/C67H130O17P2/c1-7-10-12-14-16-18-20-21-23-27-32-40-46-52-67(72)83-62(55-77-64(69)49-43-37-30-28-24-25-29-35-41-47-59(4)5)57-81-85(73,74)79-53-61(68)54-80-86(75,76)82-58-63(56-78-65(70)50-44-38-34-33-36-42-48-60(6)9-3)84-66(71)51-45-39-31-26-22-19-17-15-13-11-8-2/h59-63,68H,7-58H2,1-6H3,(H,73,74)(H,75,76)/t60?,61-,62-,63-/m1/s1. The second kappa shape index (κ2) is 59.4. The molecule has 0 heterocycles. The number of phosphoric ester groups is 2. The van der Waals surface area contributed by atoms with Gasteiger partial charge in [0.2, 0.25) is 0 Å². The van der Waals surface area contributed by atoms with Gasteiger partial charge in [-0.1, -0.05) is 286 Å². The van der Waals surface area contributed by atoms with Gasteiger partial charge in [0.05, 0.1) is 26.4 Å². The highest BCUT2D eigenvalue weighted by Gasteiger charge is 2.30. The molecule has 0 fully saturated rings. The minimum atomic E-state index is -4.95. The van der Waals surface area contributed by atoms with Crippen molar-refractivity contribution in [2.45, 2.75) is 355 Å². The summed E-state index contributed by atoms with van der Waals surface area (Å²) in [6.07, 6.45) is 43.0. The number of ether oxygens (including phenoxy) is 4. The molecule has 510 valence electrons. The van der Waals surface area contributed by atoms with Crippen LogP contribution in [0.4, 0.5) is 0 Å². The van der Waals surface area contributed by atoms with E-state index < -0.39 is 97.5 Å². The lowest BCUT2D eigenvalue weighted by Gasteiger charge is -2.21. The summed E-state index contributed by atoms with van der Waals surface area (Å²) in [6.45, 7) is 9.46. The number of carbonyl (C=O) groups excluding carboxylic acids is 4. The van der Waals surface area contributed by atoms with Crippen LogP contribution in [0.3, 0.4) is 0 Å². The first-order chi connectivity index (χ1) is 41.4. The monoisotopic (exact) mass is 1270 g/mol. The van der Waals surface area contributed by atoms with Crippen LogP contribution in [-0.2, 0) is 65.4 Å². The van der Waals surface area contributed by atoms with Gasteiger partial charge >= 0.3 is 39.5 Å². The van der Waals surface area contributed by atoms with Crippen molar-refractivity contribution in [2.75, 3.05) is 39.6 Å². The van der Waals surface area contributed by atoms with Crippen LogP contribution >= 0.6 is 15.6 Å². The zero-order valence-corrected chi connectivity index (χ0v) is 57.4. The van der Waals surface area contributed by atoms with E-state index in [0.717, 1.165) is 108 Å². The highest BCUT2D eigenvalue weighted by atomic mass is 31.2. The molecule has 19 heteroatoms. The third kappa shape index (κ3) is 59.7. The molecule has 0 aromatic heterocycles. The molecule has 0 saturated carbocycles. The number of rotatable bonds is 66. The molecule has 3 unspecified atom stereocenters. The Hall–Kier alpha value is -1.94. The molecule has 6 atom stereocenters. The maximum Gasteiger partial charge on any atom is 0.472 e. The van der Waals surface area contributed by atoms with E-state index in [-0.39, 0.29) is 25.7 Å². The zero-order chi connectivity index (χ0) is 63.6. The molecule has 0 aromatic rings. The number of aliphatic hydroxyl groups is 1. The Morgan fingerprint density at radius 3 is 0.884 bits per heavy atom. The molecule has 0 rings (SSSR count). The lowest BCUT2D eigenvalue weighted by atomic mass is 10.00. The number of aliphatic hydroxyl groups excluding tert-OH is 1. The summed E-state index contributed by atoms with van der Waals surface area (Å²) in [4.78, 5) is 72.4. The SMILES string of the molecule is CCCCCCCCCCCCCCCC(=O)O[C@H](COC(=O)CCCCCCCCCCCC(C)C)COP(=O)(O)OC[C@@H](O)COP(=O)(O)OC[C@@H](COC(=O)CCCCCCCCC(C)CC)OC(=O)CCCCCCCCCCCCC. The summed E-state index contributed by atoms with van der Waals surface area (Å²) in [5.74, 6) is -0.653. The van der Waals surface area contributed by atoms with Gasteiger partial charge in [-0.15, -0.1) is 0 Å². The molecule has 0 saturated heterocycles. The van der Waals surface area contributed by atoms with Crippen LogP contribution in [-0.4, -0.2) is 96.7 Å². The van der Waals surface area contributed by atoms with Crippen molar-refractivity contribution >= 4 is 39.5 Å². The Kier molecular flexibility index (Phi) is 58.0. The predicted molar refractivity (Wildman–Crippen MR) is 345 cm³/mol. The number of hydrogen-bond donors (Lipinski definition) is 3. The number of hydrogen-bond acceptors (Lipinski definition) is 15. The first kappa shape index (κ1) is 84.1. The lowest BCUT2D eigenvalue weighted by molar-refractivity contribution is -0.161. The average molecular weight is 1270 g/mol. The molecule has 0 aliphatic rings. The molecule has 0 radical (unpaired) electrons. The second-order valence-corrected chi connectivity index (χ2v) is 27.8. The molecule has 0 spiro atoms. The molecule has 0 aliphatic heterocycles. The van der Waals surface area contributed by atoms with Crippen molar-refractivity contribution in [3.8, 4) is 0 Å². The van der Waals surface area contributed by atoms with E-state index in [1.54, 1.807) is 0 Å². The first-order valence-electron chi connectivity index (χ1n) is 35.0. The molecule has 3 N–H and O–H groups in total. The fourth-order valence-corrected chi connectivity index (χ4v) is 11.6. The van der Waals surface area contributed by atoms with Crippen LogP contribution in [0.2, 0.25) is 0 Å². The van der Waals surface area contributed by atoms with E-state index in [9.17, 15) is 43.2 Å². The Labute approximate surface area is 524 Å². The second-order valence-electron chi connectivity index (χ2n) is 24.9. The lowest BCUT2D eigenvalue weighted by Crippen LogP contribution is -2.30. The molecule has 0 aliphatic carbocycles. The van der Waals surface area contributed by atoms with Crippen LogP contribution in [0.1, 0.15) is 337 Å². The van der Waals surface area contributed by atoms with E-state index in [1.807, 2.05) is 0 Å². The zero-order valence-electron chi connectivity index (χ0n) is 55.6. The minimum absolute atomic E-state index is 0.106. The van der Waals surface area contributed by atoms with Crippen molar-refractivity contribution in [3.05, 3.63) is 0 Å². The van der Waals surface area contributed by atoms with E-state index in [2.05, 4.69) is 41.5 Å². The van der Waals surface area contributed by atoms with Gasteiger partial charge in [0, 0.05) is 25.7 Å². The first-order valence-corrected chi connectivity index (χ1v) is 38.0. The number of phosphoric acid groups is 2. The molecular formula is C67H130O17P2. The fraction of sp³-hybridized carbons (Fsp3) is 0.940. The maximum atomic E-state index is 13.0. The van der Waals surface area contributed by atoms with Crippen LogP contribution in [0.5, 0.6) is 0 Å². The molecule has 0 aromatic carbocycles. The van der Waals surface area contributed by atoms with Crippen molar-refractivity contribution in [3.63, 3.8) is 0 Å². The van der Waals surface area contributed by atoms with Gasteiger partial charge in [-0.3, -0.25) is 37.3 Å². The Morgan fingerprint density at radius 2 is 0.593 bits per heavy atom. The number of esters is 4. The molecular weight excluding hydrogens is 1140 g/mol. The van der Waals surface area contributed by atoms with Crippen LogP contribution in [0, 0.1) is 11.8 Å². The third-order valence-corrected chi connectivity index (χ3v) is 17.7. The average Bonchev–Trinajstić information content (AvgIpc) is 3.58. The summed E-state index contributed by atoms with van der Waals surface area (Å²) >= 11 is 0. The van der Waals surface area contributed by atoms with Gasteiger partial charge in [-0.2, -0.15) is 0 Å². The van der Waals surface area contributed by atoms with Crippen molar-refractivity contribution in [1.29, 1.82) is 0 Å². The van der Waals surface area contributed by atoms with E-state index in [0.29, 0.717) is 25.7 Å². The summed E-state index contributed by atoms with van der Waals surface area (Å²) in [5, 5.41) is 10.6. The summed E-state index contributed by atoms with van der Waals surface area (Å²) < 4.78 is 68.1. The van der Waals surface area contributed by atoms with Crippen molar-refractivity contribution in [2.24, 2.45) is 11.8 Å². The van der Waals surface area contributed by atoms with Crippen molar-refractivity contribution in [1.82, 2.24) is 0 Å². The predicted octanol–water partition coefficient (Wildman–Crippen LogP) is 18.8. The van der Waals surface area contributed by atoms with Crippen LogP contribution in [0.25, 0.3) is 0 Å². The molecule has 0 amide bonds. The molecule has 0 bridgehead atoms. The maximum absolute atomic E-state index is 13.0. The Balaban J connectivity index is 5.26. The van der Waals surface area contributed by atoms with Gasteiger partial charge in [0.1, 0.15) is 19.3 Å². The Bertz CT molecular complexity index is 1690. The smallest absolute Gasteiger partial charge is 0.462 e. The van der Waals surface area contributed by atoms with Crippen LogP contribution in [0.15, 0.2) is 0 Å². The molecule has 86 heavy (non-hydrogen) atoms. The minimum Gasteiger partial charge on any atom is -0.462 e. The summed E-state index contributed by atoms with van der Waals surface area (Å²) in [6, 6.07) is 0. The number of unbranched alkanes of at least 4 members (excludes halogenated alkanes) is 35. The largest absolute Gasteiger partial charge is 0.472 e. The number of carbonyl (C=O) groups is 4. The van der Waals surface area contributed by atoms with Gasteiger partial charge in [-0.25, -0.2) is 9.13 Å².